The van der Waals surface area contributed by atoms with Gasteiger partial charge in [0.05, 0.1) is 35.9 Å². The van der Waals surface area contributed by atoms with Gasteiger partial charge in [-0.1, -0.05) is 30.3 Å². The Labute approximate surface area is 151 Å². The van der Waals surface area contributed by atoms with Gasteiger partial charge in [-0.3, -0.25) is 9.13 Å². The predicted molar refractivity (Wildman–Crippen MR) is 99.2 cm³/mol. The van der Waals surface area contributed by atoms with Gasteiger partial charge >= 0.3 is 11.7 Å². The molecule has 0 aliphatic heterocycles. The lowest BCUT2D eigenvalue weighted by Crippen LogP contribution is -2.26. The number of rotatable bonds is 6. The van der Waals surface area contributed by atoms with E-state index in [-0.39, 0.29) is 18.8 Å². The van der Waals surface area contributed by atoms with E-state index < -0.39 is 12.1 Å². The number of carbonyl (C=O) groups is 1. The second-order valence-electron chi connectivity index (χ2n) is 5.99. The SMILES string of the molecule is CCOC(=O)c1ccc2c(c1)n(C[C@@H](O)c1ccccc1)c(=O)n2CC. The zero-order valence-corrected chi connectivity index (χ0v) is 14.9. The maximum atomic E-state index is 12.8. The molecule has 0 saturated carbocycles. The Balaban J connectivity index is 2.07. The highest BCUT2D eigenvalue weighted by molar-refractivity contribution is 5.93. The molecule has 3 rings (SSSR count). The number of benzene rings is 2. The van der Waals surface area contributed by atoms with Crippen molar-refractivity contribution in [3.63, 3.8) is 0 Å². The standard InChI is InChI=1S/C20H22N2O4/c1-3-21-16-11-10-15(19(24)26-4-2)12-17(16)22(20(21)25)13-18(23)14-8-6-5-7-9-14/h5-12,18,23H,3-4,13H2,1-2H3/t18-/m1/s1. The number of aryl methyl sites for hydroxylation is 1. The van der Waals surface area contributed by atoms with Gasteiger partial charge in [-0.05, 0) is 37.6 Å². The number of hydrogen-bond acceptors (Lipinski definition) is 4. The highest BCUT2D eigenvalue weighted by atomic mass is 16.5. The summed E-state index contributed by atoms with van der Waals surface area (Å²) in [6, 6.07) is 14.2. The second-order valence-corrected chi connectivity index (χ2v) is 5.99. The maximum absolute atomic E-state index is 12.8. The first-order chi connectivity index (χ1) is 12.6. The van der Waals surface area contributed by atoms with Crippen molar-refractivity contribution in [2.45, 2.75) is 33.0 Å². The predicted octanol–water partition coefficient (Wildman–Crippen LogP) is 2.73. The number of nitrogens with zero attached hydrogens (tertiary/aromatic N) is 2. The van der Waals surface area contributed by atoms with Gasteiger partial charge in [0.1, 0.15) is 0 Å². The lowest BCUT2D eigenvalue weighted by atomic mass is 10.1. The molecular formula is C20H22N2O4. The van der Waals surface area contributed by atoms with E-state index >= 15 is 0 Å². The first-order valence-electron chi connectivity index (χ1n) is 8.70. The third-order valence-electron chi connectivity index (χ3n) is 4.39. The molecule has 1 N–H and O–H groups in total. The quantitative estimate of drug-likeness (QED) is 0.691. The first-order valence-corrected chi connectivity index (χ1v) is 8.70. The molecule has 0 bridgehead atoms. The minimum atomic E-state index is -0.823. The average molecular weight is 354 g/mol. The van der Waals surface area contributed by atoms with E-state index in [1.807, 2.05) is 37.3 Å². The summed E-state index contributed by atoms with van der Waals surface area (Å²) in [6.07, 6.45) is -0.823. The fourth-order valence-electron chi connectivity index (χ4n) is 3.10. The first kappa shape index (κ1) is 17.9. The number of ether oxygens (including phenoxy) is 1. The van der Waals surface area contributed by atoms with Crippen molar-refractivity contribution in [2.75, 3.05) is 6.61 Å². The number of aliphatic hydroxyl groups excluding tert-OH is 1. The lowest BCUT2D eigenvalue weighted by molar-refractivity contribution is 0.0526. The van der Waals surface area contributed by atoms with Crippen molar-refractivity contribution in [1.82, 2.24) is 9.13 Å². The fourth-order valence-corrected chi connectivity index (χ4v) is 3.10. The largest absolute Gasteiger partial charge is 0.462 e. The van der Waals surface area contributed by atoms with Crippen LogP contribution in [0.25, 0.3) is 11.0 Å². The van der Waals surface area contributed by atoms with E-state index in [9.17, 15) is 14.7 Å². The van der Waals surface area contributed by atoms with E-state index in [1.54, 1.807) is 29.7 Å². The Hall–Kier alpha value is -2.86. The number of aliphatic hydroxyl groups is 1. The maximum Gasteiger partial charge on any atom is 0.338 e. The van der Waals surface area contributed by atoms with Crippen LogP contribution < -0.4 is 5.69 Å². The Morgan fingerprint density at radius 1 is 1.08 bits per heavy atom. The van der Waals surface area contributed by atoms with Crippen LogP contribution in [-0.4, -0.2) is 26.8 Å². The van der Waals surface area contributed by atoms with Crippen LogP contribution in [0.5, 0.6) is 0 Å². The van der Waals surface area contributed by atoms with Crippen LogP contribution in [0.15, 0.2) is 53.3 Å². The average Bonchev–Trinajstić information content (AvgIpc) is 2.93. The van der Waals surface area contributed by atoms with Crippen molar-refractivity contribution < 1.29 is 14.6 Å². The molecule has 0 fully saturated rings. The molecule has 6 nitrogen and oxygen atoms in total. The third-order valence-corrected chi connectivity index (χ3v) is 4.39. The van der Waals surface area contributed by atoms with Gasteiger partial charge in [-0.15, -0.1) is 0 Å². The molecular weight excluding hydrogens is 332 g/mol. The molecule has 0 aliphatic carbocycles. The molecule has 0 spiro atoms. The summed E-state index contributed by atoms with van der Waals surface area (Å²) in [5.74, 6) is -0.429. The normalized spacial score (nSPS) is 12.3. The van der Waals surface area contributed by atoms with Gasteiger partial charge in [0.25, 0.3) is 0 Å². The molecule has 0 unspecified atom stereocenters. The van der Waals surface area contributed by atoms with Crippen LogP contribution in [0.3, 0.4) is 0 Å². The number of esters is 1. The van der Waals surface area contributed by atoms with Gasteiger partial charge in [-0.25, -0.2) is 9.59 Å². The van der Waals surface area contributed by atoms with Crippen LogP contribution in [0.1, 0.15) is 35.9 Å². The van der Waals surface area contributed by atoms with Crippen molar-refractivity contribution in [1.29, 1.82) is 0 Å². The van der Waals surface area contributed by atoms with E-state index in [4.69, 9.17) is 4.74 Å². The summed E-state index contributed by atoms with van der Waals surface area (Å²) < 4.78 is 8.19. The van der Waals surface area contributed by atoms with Gasteiger partial charge in [0.2, 0.25) is 0 Å². The van der Waals surface area contributed by atoms with Gasteiger partial charge in [0, 0.05) is 6.54 Å². The summed E-state index contributed by atoms with van der Waals surface area (Å²) >= 11 is 0. The molecule has 1 aromatic heterocycles. The molecule has 3 aromatic rings. The van der Waals surface area contributed by atoms with Crippen LogP contribution in [0, 0.1) is 0 Å². The Morgan fingerprint density at radius 2 is 1.81 bits per heavy atom. The van der Waals surface area contributed by atoms with E-state index in [0.717, 1.165) is 11.1 Å². The monoisotopic (exact) mass is 354 g/mol. The molecule has 1 heterocycles. The molecule has 2 aromatic carbocycles. The van der Waals surface area contributed by atoms with Gasteiger partial charge < -0.3 is 9.84 Å². The summed E-state index contributed by atoms with van der Waals surface area (Å²) in [5.41, 5.74) is 2.25. The number of fused-ring (bicyclic) bond motifs is 1. The number of imidazole rings is 1. The summed E-state index contributed by atoms with van der Waals surface area (Å²) in [6.45, 7) is 4.53. The topological polar surface area (TPSA) is 73.5 Å². The Morgan fingerprint density at radius 3 is 2.46 bits per heavy atom. The molecule has 136 valence electrons. The van der Waals surface area contributed by atoms with E-state index in [0.29, 0.717) is 17.6 Å². The molecule has 26 heavy (non-hydrogen) atoms. The smallest absolute Gasteiger partial charge is 0.338 e. The van der Waals surface area contributed by atoms with Crippen LogP contribution in [0.4, 0.5) is 0 Å². The van der Waals surface area contributed by atoms with Crippen LogP contribution in [-0.2, 0) is 17.8 Å². The third kappa shape index (κ3) is 3.28. The Bertz CT molecular complexity index is 973. The molecule has 1 atom stereocenters. The zero-order valence-electron chi connectivity index (χ0n) is 14.9. The van der Waals surface area contributed by atoms with E-state index in [1.165, 1.54) is 4.57 Å². The Kier molecular flexibility index (Phi) is 5.23. The van der Waals surface area contributed by atoms with Crippen LogP contribution in [0.2, 0.25) is 0 Å². The number of carbonyl (C=O) groups excluding carboxylic acids is 1. The minimum absolute atomic E-state index is 0.110. The van der Waals surface area contributed by atoms with Crippen molar-refractivity contribution in [2.24, 2.45) is 0 Å². The molecule has 6 heteroatoms. The number of hydrogen-bond donors (Lipinski definition) is 1. The van der Waals surface area contributed by atoms with Gasteiger partial charge in [-0.2, -0.15) is 0 Å². The van der Waals surface area contributed by atoms with Crippen LogP contribution >= 0.6 is 0 Å². The van der Waals surface area contributed by atoms with E-state index in [2.05, 4.69) is 0 Å². The molecule has 0 aliphatic rings. The van der Waals surface area contributed by atoms with Crippen molar-refractivity contribution in [3.8, 4) is 0 Å². The molecule has 0 saturated heterocycles. The van der Waals surface area contributed by atoms with Gasteiger partial charge in [0.15, 0.2) is 0 Å². The second kappa shape index (κ2) is 7.58. The number of aromatic nitrogens is 2. The minimum Gasteiger partial charge on any atom is -0.462 e. The van der Waals surface area contributed by atoms with Crippen molar-refractivity contribution in [3.05, 3.63) is 70.1 Å². The lowest BCUT2D eigenvalue weighted by Gasteiger charge is -2.12. The van der Waals surface area contributed by atoms with Crippen molar-refractivity contribution >= 4 is 17.0 Å². The highest BCUT2D eigenvalue weighted by Crippen LogP contribution is 2.20. The molecule has 0 amide bonds. The highest BCUT2D eigenvalue weighted by Gasteiger charge is 2.18. The fraction of sp³-hybridized carbons (Fsp3) is 0.300. The molecule has 0 radical (unpaired) electrons. The zero-order chi connectivity index (χ0) is 18.7. The summed E-state index contributed by atoms with van der Waals surface area (Å²) in [5, 5.41) is 10.5. The summed E-state index contributed by atoms with van der Waals surface area (Å²) in [4.78, 5) is 24.8. The summed E-state index contributed by atoms with van der Waals surface area (Å²) in [7, 11) is 0.